The van der Waals surface area contributed by atoms with Gasteiger partial charge in [0.25, 0.3) is 10.1 Å². The number of nitrogens with zero attached hydrogens (tertiary/aromatic N) is 2. The van der Waals surface area contributed by atoms with Gasteiger partial charge in [-0.25, -0.2) is 9.97 Å². The van der Waals surface area contributed by atoms with Crippen LogP contribution in [0.3, 0.4) is 0 Å². The summed E-state index contributed by atoms with van der Waals surface area (Å²) in [4.78, 5) is 7.90. The molecule has 0 atom stereocenters. The third kappa shape index (κ3) is 3.49. The van der Waals surface area contributed by atoms with Gasteiger partial charge >= 0.3 is 6.01 Å². The molecule has 1 heterocycles. The summed E-state index contributed by atoms with van der Waals surface area (Å²) >= 11 is 5.89. The molecule has 0 spiro atoms. The van der Waals surface area contributed by atoms with E-state index in [2.05, 4.69) is 9.97 Å². The fraction of sp³-hybridized carbons (Fsp3) is 0.231. The molecule has 8 heteroatoms. The lowest BCUT2D eigenvalue weighted by Crippen LogP contribution is -2.08. The smallest absolute Gasteiger partial charge is 0.316 e. The van der Waals surface area contributed by atoms with Crippen LogP contribution >= 0.6 is 11.6 Å². The predicted molar refractivity (Wildman–Crippen MR) is 77.8 cm³/mol. The molecule has 1 aromatic carbocycles. The van der Waals surface area contributed by atoms with Crippen LogP contribution in [0, 0.1) is 0 Å². The Balaban J connectivity index is 2.58. The summed E-state index contributed by atoms with van der Waals surface area (Å²) in [6.45, 7) is 1.63. The zero-order valence-corrected chi connectivity index (χ0v) is 13.0. The fourth-order valence-corrected chi connectivity index (χ4v) is 3.12. The van der Waals surface area contributed by atoms with Crippen molar-refractivity contribution in [2.45, 2.75) is 11.8 Å². The first kappa shape index (κ1) is 15.7. The molecule has 0 N–H and O–H groups in total. The van der Waals surface area contributed by atoms with E-state index in [0.717, 1.165) is 0 Å². The lowest BCUT2D eigenvalue weighted by Gasteiger charge is -2.10. The van der Waals surface area contributed by atoms with Crippen molar-refractivity contribution in [2.24, 2.45) is 0 Å². The van der Waals surface area contributed by atoms with E-state index < -0.39 is 10.1 Å². The van der Waals surface area contributed by atoms with Crippen molar-refractivity contribution >= 4 is 21.7 Å². The summed E-state index contributed by atoms with van der Waals surface area (Å²) in [6, 6.07) is 4.71. The highest BCUT2D eigenvalue weighted by atomic mass is 35.5. The number of hydrogen-bond acceptors (Lipinski definition) is 6. The molecule has 0 fully saturated rings. The van der Waals surface area contributed by atoms with Crippen molar-refractivity contribution in [3.05, 3.63) is 35.6 Å². The van der Waals surface area contributed by atoms with Gasteiger partial charge in [-0.15, -0.1) is 0 Å². The monoisotopic (exact) mass is 328 g/mol. The molecule has 0 bridgehead atoms. The SMILES string of the molecule is CCOS(=O)(=O)c1cc(Cl)ccc1-c1cnc(OC)nc1. The number of ether oxygens (including phenoxy) is 1. The number of methoxy groups -OCH3 is 1. The first-order chi connectivity index (χ1) is 9.97. The molecule has 0 amide bonds. The van der Waals surface area contributed by atoms with E-state index in [1.165, 1.54) is 25.6 Å². The van der Waals surface area contributed by atoms with Crippen LogP contribution in [0.4, 0.5) is 0 Å². The van der Waals surface area contributed by atoms with Crippen molar-refractivity contribution < 1.29 is 17.3 Å². The Morgan fingerprint density at radius 1 is 1.24 bits per heavy atom. The lowest BCUT2D eigenvalue weighted by atomic mass is 10.1. The topological polar surface area (TPSA) is 78.4 Å². The van der Waals surface area contributed by atoms with E-state index in [0.29, 0.717) is 16.1 Å². The van der Waals surface area contributed by atoms with Crippen molar-refractivity contribution in [1.82, 2.24) is 9.97 Å². The van der Waals surface area contributed by atoms with E-state index in [1.54, 1.807) is 19.1 Å². The minimum Gasteiger partial charge on any atom is -0.467 e. The average molecular weight is 329 g/mol. The molecule has 2 aromatic rings. The number of benzene rings is 1. The Morgan fingerprint density at radius 2 is 1.90 bits per heavy atom. The third-order valence-corrected chi connectivity index (χ3v) is 4.27. The molecule has 2 rings (SSSR count). The van der Waals surface area contributed by atoms with Gasteiger partial charge in [0.15, 0.2) is 0 Å². The Labute approximate surface area is 127 Å². The summed E-state index contributed by atoms with van der Waals surface area (Å²) in [5.41, 5.74) is 0.932. The molecular weight excluding hydrogens is 316 g/mol. The summed E-state index contributed by atoms with van der Waals surface area (Å²) in [6.07, 6.45) is 2.94. The maximum atomic E-state index is 12.2. The van der Waals surface area contributed by atoms with Gasteiger partial charge in [0.05, 0.1) is 13.7 Å². The van der Waals surface area contributed by atoms with E-state index >= 15 is 0 Å². The predicted octanol–water partition coefficient (Wildman–Crippen LogP) is 2.53. The Hall–Kier alpha value is -1.70. The number of rotatable bonds is 5. The highest BCUT2D eigenvalue weighted by Gasteiger charge is 2.21. The van der Waals surface area contributed by atoms with Gasteiger partial charge in [-0.05, 0) is 19.1 Å². The van der Waals surface area contributed by atoms with Crippen molar-refractivity contribution in [3.63, 3.8) is 0 Å². The van der Waals surface area contributed by atoms with Crippen LogP contribution in [0.5, 0.6) is 6.01 Å². The summed E-state index contributed by atoms with van der Waals surface area (Å²) in [7, 11) is -2.45. The standard InChI is InChI=1S/C13H13ClN2O4S/c1-3-20-21(17,18)12-6-10(14)4-5-11(12)9-7-15-13(19-2)16-8-9/h4-8H,3H2,1-2H3. The molecule has 0 aliphatic heterocycles. The highest BCUT2D eigenvalue weighted by Crippen LogP contribution is 2.30. The second-order valence-electron chi connectivity index (χ2n) is 3.96. The zero-order chi connectivity index (χ0) is 15.5. The molecule has 1 aromatic heterocycles. The maximum Gasteiger partial charge on any atom is 0.316 e. The van der Waals surface area contributed by atoms with E-state index in [1.807, 2.05) is 0 Å². The van der Waals surface area contributed by atoms with Gasteiger partial charge in [0.2, 0.25) is 0 Å². The minimum absolute atomic E-state index is 0.0226. The number of aromatic nitrogens is 2. The Kier molecular flexibility index (Phi) is 4.76. The molecule has 21 heavy (non-hydrogen) atoms. The lowest BCUT2D eigenvalue weighted by molar-refractivity contribution is 0.338. The summed E-state index contributed by atoms with van der Waals surface area (Å²) < 4.78 is 34.0. The van der Waals surface area contributed by atoms with E-state index in [9.17, 15) is 8.42 Å². The summed E-state index contributed by atoms with van der Waals surface area (Å²) in [5, 5.41) is 0.298. The van der Waals surface area contributed by atoms with Crippen LogP contribution in [-0.4, -0.2) is 32.1 Å². The maximum absolute atomic E-state index is 12.2. The van der Waals surface area contributed by atoms with Gasteiger partial charge in [0, 0.05) is 28.5 Å². The molecular formula is C13H13ClN2O4S. The van der Waals surface area contributed by atoms with Crippen LogP contribution in [0.2, 0.25) is 5.02 Å². The van der Waals surface area contributed by atoms with Gasteiger partial charge < -0.3 is 4.74 Å². The summed E-state index contributed by atoms with van der Waals surface area (Å²) in [5.74, 6) is 0. The average Bonchev–Trinajstić information content (AvgIpc) is 2.47. The minimum atomic E-state index is -3.90. The molecule has 0 aliphatic rings. The van der Waals surface area contributed by atoms with Crippen molar-refractivity contribution in [2.75, 3.05) is 13.7 Å². The fourth-order valence-electron chi connectivity index (χ4n) is 1.72. The van der Waals surface area contributed by atoms with Gasteiger partial charge in [-0.3, -0.25) is 4.18 Å². The third-order valence-electron chi connectivity index (χ3n) is 2.61. The van der Waals surface area contributed by atoms with Crippen molar-refractivity contribution in [1.29, 1.82) is 0 Å². The molecule has 0 aliphatic carbocycles. The molecule has 0 saturated heterocycles. The molecule has 6 nitrogen and oxygen atoms in total. The Morgan fingerprint density at radius 3 is 2.48 bits per heavy atom. The van der Waals surface area contributed by atoms with Gasteiger partial charge in [-0.2, -0.15) is 8.42 Å². The highest BCUT2D eigenvalue weighted by molar-refractivity contribution is 7.87. The first-order valence-electron chi connectivity index (χ1n) is 6.03. The van der Waals surface area contributed by atoms with Crippen LogP contribution < -0.4 is 4.74 Å². The zero-order valence-electron chi connectivity index (χ0n) is 11.4. The van der Waals surface area contributed by atoms with Gasteiger partial charge in [0.1, 0.15) is 4.90 Å². The quantitative estimate of drug-likeness (QED) is 0.785. The van der Waals surface area contributed by atoms with E-state index in [-0.39, 0.29) is 17.5 Å². The second-order valence-corrected chi connectivity index (χ2v) is 5.98. The van der Waals surface area contributed by atoms with E-state index in [4.69, 9.17) is 20.5 Å². The van der Waals surface area contributed by atoms with Crippen LogP contribution in [0.1, 0.15) is 6.92 Å². The number of halogens is 1. The van der Waals surface area contributed by atoms with Gasteiger partial charge in [-0.1, -0.05) is 17.7 Å². The second kappa shape index (κ2) is 6.38. The Bertz CT molecular complexity index is 732. The molecule has 0 unspecified atom stereocenters. The van der Waals surface area contributed by atoms with Crippen molar-refractivity contribution in [3.8, 4) is 17.1 Å². The first-order valence-corrected chi connectivity index (χ1v) is 7.82. The van der Waals surface area contributed by atoms with Crippen LogP contribution in [0.15, 0.2) is 35.5 Å². The normalized spacial score (nSPS) is 11.4. The number of hydrogen-bond donors (Lipinski definition) is 0. The van der Waals surface area contributed by atoms with Crippen LogP contribution in [-0.2, 0) is 14.3 Å². The largest absolute Gasteiger partial charge is 0.467 e. The molecule has 0 saturated carbocycles. The molecule has 112 valence electrons. The van der Waals surface area contributed by atoms with Crippen LogP contribution in [0.25, 0.3) is 11.1 Å². The molecule has 0 radical (unpaired) electrons.